The maximum atomic E-state index is 12.8. The zero-order valence-corrected chi connectivity index (χ0v) is 15.7. The summed E-state index contributed by atoms with van der Waals surface area (Å²) in [4.78, 5) is 19.7. The molecular weight excluding hydrogens is 348 g/mol. The summed E-state index contributed by atoms with van der Waals surface area (Å²) in [6, 6.07) is 4.09. The van der Waals surface area contributed by atoms with Gasteiger partial charge < -0.3 is 16.0 Å². The zero-order valence-electron chi connectivity index (χ0n) is 14.8. The van der Waals surface area contributed by atoms with Gasteiger partial charge in [0.1, 0.15) is 5.04 Å². The van der Waals surface area contributed by atoms with Crippen LogP contribution in [0.3, 0.4) is 0 Å². The lowest BCUT2D eigenvalue weighted by Gasteiger charge is -2.22. The van der Waals surface area contributed by atoms with Crippen LogP contribution in [0.5, 0.6) is 0 Å². The minimum atomic E-state index is -0.101. The van der Waals surface area contributed by atoms with Crippen LogP contribution in [0.4, 0.5) is 5.69 Å². The molecule has 3 aliphatic rings. The van der Waals surface area contributed by atoms with Gasteiger partial charge in [-0.2, -0.15) is 5.10 Å². The Morgan fingerprint density at radius 3 is 2.88 bits per heavy atom. The first-order valence-electron chi connectivity index (χ1n) is 8.80. The molecule has 136 valence electrons. The van der Waals surface area contributed by atoms with Gasteiger partial charge in [0.2, 0.25) is 0 Å². The van der Waals surface area contributed by atoms with Crippen molar-refractivity contribution in [3.8, 4) is 0 Å². The normalized spacial score (nSPS) is 27.9. The fourth-order valence-electron chi connectivity index (χ4n) is 3.62. The molecule has 7 nitrogen and oxygen atoms in total. The molecule has 1 saturated heterocycles. The number of amides is 1. The summed E-state index contributed by atoms with van der Waals surface area (Å²) in [7, 11) is 0. The molecule has 0 saturated carbocycles. The van der Waals surface area contributed by atoms with E-state index in [0.717, 1.165) is 36.0 Å². The Morgan fingerprint density at radius 2 is 2.12 bits per heavy atom. The van der Waals surface area contributed by atoms with Gasteiger partial charge >= 0.3 is 0 Å². The summed E-state index contributed by atoms with van der Waals surface area (Å²) in [5.74, 6) is 0.0557. The highest BCUT2D eigenvalue weighted by atomic mass is 32.2. The van der Waals surface area contributed by atoms with Crippen LogP contribution in [0, 0.1) is 11.8 Å². The Labute approximate surface area is 156 Å². The van der Waals surface area contributed by atoms with Crippen LogP contribution in [0.15, 0.2) is 45.3 Å². The maximum absolute atomic E-state index is 12.8. The Bertz CT molecular complexity index is 818. The highest BCUT2D eigenvalue weighted by Gasteiger charge is 2.41. The second-order valence-electron chi connectivity index (χ2n) is 6.94. The van der Waals surface area contributed by atoms with Crippen LogP contribution in [0.25, 0.3) is 0 Å². The number of rotatable bonds is 3. The van der Waals surface area contributed by atoms with E-state index in [0.29, 0.717) is 10.6 Å². The first kappa shape index (κ1) is 17.1. The van der Waals surface area contributed by atoms with Crippen molar-refractivity contribution in [2.45, 2.75) is 26.3 Å². The molecule has 3 N–H and O–H groups in total. The number of aromatic nitrogens is 1. The summed E-state index contributed by atoms with van der Waals surface area (Å²) in [5, 5.41) is 12.4. The van der Waals surface area contributed by atoms with Gasteiger partial charge in [-0.05, 0) is 25.5 Å². The van der Waals surface area contributed by atoms with E-state index in [1.165, 1.54) is 11.8 Å². The smallest absolute Gasteiger partial charge is 0.260 e. The Balaban J connectivity index is 1.43. The summed E-state index contributed by atoms with van der Waals surface area (Å²) in [6.07, 6.45) is 4.49. The number of hydrogen-bond acceptors (Lipinski definition) is 7. The van der Waals surface area contributed by atoms with Crippen LogP contribution >= 0.6 is 11.8 Å². The second-order valence-corrected chi connectivity index (χ2v) is 7.97. The molecule has 0 radical (unpaired) electrons. The number of nitrogens with zero attached hydrogens (tertiary/aromatic N) is 4. The molecule has 3 aliphatic heterocycles. The van der Waals surface area contributed by atoms with Crippen molar-refractivity contribution in [1.82, 2.24) is 10.3 Å². The molecule has 0 aromatic carbocycles. The average molecular weight is 370 g/mol. The standard InChI is InChI=1S/C18H22N6OS/c1-10-11(2)22-23-18-14(10)15(19)16(26-18)17(25)21-12-5-8-24(9-12)13-3-6-20-7-4-13/h3-4,6-7,10,12,14H,5,8-9,19H2,1-2H3,(H,21,25). The van der Waals surface area contributed by atoms with Gasteiger partial charge in [0.15, 0.2) is 0 Å². The Hall–Kier alpha value is -2.35. The Kier molecular flexibility index (Phi) is 4.44. The number of fused-ring (bicyclic) bond motifs is 1. The molecule has 1 aromatic heterocycles. The third-order valence-corrected chi connectivity index (χ3v) is 6.46. The van der Waals surface area contributed by atoms with Crippen LogP contribution in [-0.4, -0.2) is 40.8 Å². The number of thioether (sulfide) groups is 1. The molecule has 0 bridgehead atoms. The largest absolute Gasteiger partial charge is 0.400 e. The predicted octanol–water partition coefficient (Wildman–Crippen LogP) is 1.73. The van der Waals surface area contributed by atoms with Gasteiger partial charge in [-0.25, -0.2) is 0 Å². The maximum Gasteiger partial charge on any atom is 0.260 e. The summed E-state index contributed by atoms with van der Waals surface area (Å²) < 4.78 is 0. The molecule has 0 aliphatic carbocycles. The number of anilines is 1. The van der Waals surface area contributed by atoms with Gasteiger partial charge in [0.25, 0.3) is 5.91 Å². The van der Waals surface area contributed by atoms with Crippen molar-refractivity contribution in [1.29, 1.82) is 0 Å². The van der Waals surface area contributed by atoms with Crippen molar-refractivity contribution < 1.29 is 4.79 Å². The van der Waals surface area contributed by atoms with E-state index in [1.807, 2.05) is 19.1 Å². The van der Waals surface area contributed by atoms with Gasteiger partial charge in [-0.1, -0.05) is 18.7 Å². The highest BCUT2D eigenvalue weighted by molar-refractivity contribution is 8.18. The van der Waals surface area contributed by atoms with Crippen molar-refractivity contribution >= 4 is 34.1 Å². The Morgan fingerprint density at radius 1 is 1.35 bits per heavy atom. The number of pyridine rings is 1. The SMILES string of the molecule is CC1=NN=C2SC(C(=O)NC3CCN(c4ccncc4)C3)=C(N)C2C1C. The third kappa shape index (κ3) is 2.98. The monoisotopic (exact) mass is 370 g/mol. The van der Waals surface area contributed by atoms with Gasteiger partial charge in [0, 0.05) is 54.5 Å². The zero-order chi connectivity index (χ0) is 18.3. The van der Waals surface area contributed by atoms with Crippen LogP contribution in [-0.2, 0) is 4.79 Å². The molecular formula is C18H22N6OS. The quantitative estimate of drug-likeness (QED) is 0.845. The van der Waals surface area contributed by atoms with E-state index in [9.17, 15) is 4.79 Å². The van der Waals surface area contributed by atoms with Crippen LogP contribution < -0.4 is 16.0 Å². The predicted molar refractivity (Wildman–Crippen MR) is 105 cm³/mol. The average Bonchev–Trinajstić information content (AvgIpc) is 3.24. The molecule has 1 aromatic rings. The van der Waals surface area contributed by atoms with Crippen molar-refractivity contribution in [3.05, 3.63) is 35.1 Å². The van der Waals surface area contributed by atoms with Gasteiger partial charge in [0.05, 0.1) is 10.8 Å². The number of nitrogens with one attached hydrogen (secondary N) is 1. The molecule has 3 unspecified atom stereocenters. The summed E-state index contributed by atoms with van der Waals surface area (Å²) >= 11 is 1.36. The molecule has 1 amide bonds. The van der Waals surface area contributed by atoms with Crippen LogP contribution in [0.2, 0.25) is 0 Å². The van der Waals surface area contributed by atoms with Crippen molar-refractivity contribution in [2.75, 3.05) is 18.0 Å². The molecule has 4 rings (SSSR count). The van der Waals surface area contributed by atoms with E-state index in [1.54, 1.807) is 12.4 Å². The second kappa shape index (κ2) is 6.75. The first-order valence-corrected chi connectivity index (χ1v) is 9.61. The highest BCUT2D eigenvalue weighted by Crippen LogP contribution is 2.42. The molecule has 26 heavy (non-hydrogen) atoms. The van der Waals surface area contributed by atoms with Crippen molar-refractivity contribution in [3.63, 3.8) is 0 Å². The molecule has 1 fully saturated rings. The lowest BCUT2D eigenvalue weighted by molar-refractivity contribution is -0.117. The molecule has 4 heterocycles. The van der Waals surface area contributed by atoms with Crippen LogP contribution in [0.1, 0.15) is 20.3 Å². The van der Waals surface area contributed by atoms with E-state index in [2.05, 4.69) is 32.3 Å². The number of carbonyl (C=O) groups is 1. The summed E-state index contributed by atoms with van der Waals surface area (Å²) in [6.45, 7) is 5.73. The fourth-order valence-corrected chi connectivity index (χ4v) is 4.77. The van der Waals surface area contributed by atoms with Gasteiger partial charge in [-0.3, -0.25) is 9.78 Å². The van der Waals surface area contributed by atoms with Crippen molar-refractivity contribution in [2.24, 2.45) is 27.8 Å². The molecule has 0 spiro atoms. The number of allylic oxidation sites excluding steroid dienone is 1. The topological polar surface area (TPSA) is 96.0 Å². The lowest BCUT2D eigenvalue weighted by atomic mass is 9.88. The minimum absolute atomic E-state index is 0.0184. The van der Waals surface area contributed by atoms with E-state index < -0.39 is 0 Å². The first-order chi connectivity index (χ1) is 12.5. The van der Waals surface area contributed by atoms with Gasteiger partial charge in [-0.15, -0.1) is 5.10 Å². The van der Waals surface area contributed by atoms with E-state index in [-0.39, 0.29) is 23.8 Å². The molecule has 3 atom stereocenters. The van der Waals surface area contributed by atoms with E-state index >= 15 is 0 Å². The minimum Gasteiger partial charge on any atom is -0.400 e. The summed E-state index contributed by atoms with van der Waals surface area (Å²) in [5.41, 5.74) is 9.03. The number of carbonyl (C=O) groups excluding carboxylic acids is 1. The number of hydrogen-bond donors (Lipinski definition) is 2. The fraction of sp³-hybridized carbons (Fsp3) is 0.444. The number of nitrogens with two attached hydrogens (primary N) is 1. The lowest BCUT2D eigenvalue weighted by Crippen LogP contribution is -2.38. The van der Waals surface area contributed by atoms with E-state index in [4.69, 9.17) is 5.73 Å². The molecule has 8 heteroatoms. The third-order valence-electron chi connectivity index (χ3n) is 5.29.